The molecule has 0 unspecified atom stereocenters. The average Bonchev–Trinajstić information content (AvgIpc) is 1.60. The number of anilines is 6. The van der Waals surface area contributed by atoms with Crippen molar-refractivity contribution in [3.05, 3.63) is 360 Å². The zero-order chi connectivity index (χ0) is 92.7. The monoisotopic (exact) mass is 1760 g/mol. The van der Waals surface area contributed by atoms with Crippen molar-refractivity contribution >= 4 is 144 Å². The van der Waals surface area contributed by atoms with E-state index in [1.165, 1.54) is 162 Å². The van der Waals surface area contributed by atoms with Crippen molar-refractivity contribution in [1.82, 2.24) is 18.3 Å². The lowest BCUT2D eigenvalue weighted by Gasteiger charge is -2.26. The van der Waals surface area contributed by atoms with Crippen LogP contribution in [-0.2, 0) is 43.3 Å². The van der Waals surface area contributed by atoms with E-state index < -0.39 is 0 Å². The van der Waals surface area contributed by atoms with Crippen molar-refractivity contribution in [2.75, 3.05) is 9.80 Å². The van der Waals surface area contributed by atoms with E-state index >= 15 is 0 Å². The Morgan fingerprint density at radius 1 is 0.159 bits per heavy atom. The summed E-state index contributed by atoms with van der Waals surface area (Å²) in [6, 6.07) is 122. The van der Waals surface area contributed by atoms with Gasteiger partial charge in [-0.1, -0.05) is 239 Å². The highest BCUT2D eigenvalue weighted by Gasteiger charge is 2.30. The maximum atomic E-state index is 2.47. The summed E-state index contributed by atoms with van der Waals surface area (Å²) < 4.78 is 9.86. The van der Waals surface area contributed by atoms with E-state index in [0.717, 1.165) is 56.9 Å². The summed E-state index contributed by atoms with van der Waals surface area (Å²) >= 11 is 3.71. The molecule has 0 saturated heterocycles. The molecule has 132 heavy (non-hydrogen) atoms. The smallest absolute Gasteiger partial charge is 0.0541 e. The molecule has 0 aliphatic rings. The van der Waals surface area contributed by atoms with Gasteiger partial charge in [0.25, 0.3) is 0 Å². The fourth-order valence-corrected chi connectivity index (χ4v) is 21.7. The molecule has 20 aromatic rings. The number of fused-ring (bicyclic) bond motifs is 12. The maximum absolute atomic E-state index is 2.47. The van der Waals surface area contributed by atoms with E-state index in [0.29, 0.717) is 0 Å². The van der Waals surface area contributed by atoms with Gasteiger partial charge in [0.1, 0.15) is 0 Å². The van der Waals surface area contributed by atoms with E-state index in [4.69, 9.17) is 0 Å². The Kier molecular flexibility index (Phi) is 20.8. The molecule has 6 heterocycles. The first-order valence-corrected chi connectivity index (χ1v) is 48.9. The molecular formula is C124H124N6S2. The van der Waals surface area contributed by atoms with Crippen LogP contribution in [0.4, 0.5) is 34.1 Å². The van der Waals surface area contributed by atoms with Crippen molar-refractivity contribution in [3.8, 4) is 53.4 Å². The van der Waals surface area contributed by atoms with Gasteiger partial charge >= 0.3 is 0 Å². The molecule has 0 aliphatic heterocycles. The molecule has 6 nitrogen and oxygen atoms in total. The number of benzene rings is 14. The van der Waals surface area contributed by atoms with Gasteiger partial charge in [0.2, 0.25) is 0 Å². The minimum atomic E-state index is 0.00268. The van der Waals surface area contributed by atoms with Crippen LogP contribution in [0.15, 0.2) is 315 Å². The Labute approximate surface area is 789 Å². The Bertz CT molecular complexity index is 6740. The first kappa shape index (κ1) is 87.3. The second-order valence-electron chi connectivity index (χ2n) is 45.4. The lowest BCUT2D eigenvalue weighted by atomic mass is 9.85. The van der Waals surface area contributed by atoms with Gasteiger partial charge in [-0.2, -0.15) is 0 Å². The Morgan fingerprint density at radius 2 is 0.303 bits per heavy atom. The maximum Gasteiger partial charge on any atom is 0.0541 e. The first-order chi connectivity index (χ1) is 62.4. The molecule has 0 atom stereocenters. The van der Waals surface area contributed by atoms with Crippen molar-refractivity contribution in [2.24, 2.45) is 0 Å². The summed E-state index contributed by atoms with van der Waals surface area (Å²) in [5, 5.41) is 10.3. The molecule has 0 bridgehead atoms. The lowest BCUT2D eigenvalue weighted by molar-refractivity contribution is 0.590. The highest BCUT2D eigenvalue weighted by Crippen LogP contribution is 2.49. The van der Waals surface area contributed by atoms with Crippen LogP contribution in [0.2, 0.25) is 0 Å². The van der Waals surface area contributed by atoms with Gasteiger partial charge in [-0.05, 0) is 342 Å². The minimum absolute atomic E-state index is 0.00268. The summed E-state index contributed by atoms with van der Waals surface area (Å²) in [6.45, 7) is 55.5. The van der Waals surface area contributed by atoms with Crippen LogP contribution in [0.5, 0.6) is 0 Å². The summed E-state index contributed by atoms with van der Waals surface area (Å²) in [5.41, 5.74) is 33.6. The van der Waals surface area contributed by atoms with Gasteiger partial charge in [0.15, 0.2) is 0 Å². The first-order valence-electron chi connectivity index (χ1n) is 47.2. The van der Waals surface area contributed by atoms with Crippen molar-refractivity contribution in [1.29, 1.82) is 0 Å². The quantitative estimate of drug-likeness (QED) is 0.115. The molecule has 14 aromatic carbocycles. The zero-order valence-electron chi connectivity index (χ0n) is 81.5. The molecule has 0 radical (unpaired) electrons. The molecular weight excluding hydrogens is 1640 g/mol. The highest BCUT2D eigenvalue weighted by atomic mass is 32.1. The molecule has 0 saturated carbocycles. The van der Waals surface area contributed by atoms with Crippen molar-refractivity contribution < 1.29 is 0 Å². The molecule has 0 aliphatic carbocycles. The van der Waals surface area contributed by atoms with Crippen molar-refractivity contribution in [2.45, 2.75) is 209 Å². The van der Waals surface area contributed by atoms with Crippen LogP contribution in [0, 0.1) is 0 Å². The second kappa shape index (κ2) is 31.5. The van der Waals surface area contributed by atoms with Gasteiger partial charge in [0, 0.05) is 119 Å². The summed E-state index contributed by atoms with van der Waals surface area (Å²) in [4.78, 5) is 9.79. The molecule has 6 aromatic heterocycles. The van der Waals surface area contributed by atoms with Crippen LogP contribution in [0.25, 0.3) is 141 Å². The summed E-state index contributed by atoms with van der Waals surface area (Å²) in [7, 11) is 0. The van der Waals surface area contributed by atoms with E-state index in [2.05, 4.69) is 510 Å². The third kappa shape index (κ3) is 15.8. The average molecular weight is 1760 g/mol. The molecule has 0 fully saturated rings. The number of hydrogen-bond acceptors (Lipinski definition) is 4. The number of aromatic nitrogens is 4. The number of rotatable bonds is 13. The van der Waals surface area contributed by atoms with E-state index in [1.807, 2.05) is 22.7 Å². The molecule has 662 valence electrons. The fourth-order valence-electron chi connectivity index (χ4n) is 19.6. The molecule has 0 N–H and O–H groups in total. The zero-order valence-corrected chi connectivity index (χ0v) is 83.2. The van der Waals surface area contributed by atoms with Gasteiger partial charge < -0.3 is 28.1 Å². The summed E-state index contributed by atoms with van der Waals surface area (Å²) in [5.74, 6) is 0. The fraction of sp³-hybridized carbons (Fsp3) is 0.258. The molecule has 20 rings (SSSR count). The standard InChI is InChI=1S/C124H124N6S2/c1-117(2,3)79-29-57-105-97(69-79)98-70-80(118(4,5)6)30-58-106(98)127(105)93-49-41-89(42-50-93)125(90-43-51-94(52-44-90)128-107-59-31-81(119(7,8)9)71-99(107)100-72-82(120(10,11)12)32-60-108(100)128)87-37-25-77(26-38-87)113-65-67-115(131-113)116-68-66-114(132-116)78-27-39-88(40-28-78)126(91-45-53-95(54-46-91)129-109-61-33-83(121(13,14)15)73-101(109)102-74-84(122(16,17)18)34-62-110(102)129)92-47-55-96(56-48-92)130-111-63-35-85(123(19,20)21)75-103(111)104-76-86(124(22,23)24)36-64-112(104)130/h25-76H,1-24H3. The normalized spacial score (nSPS) is 13.0. The number of thiophene rings is 2. The van der Waals surface area contributed by atoms with Crippen LogP contribution < -0.4 is 9.80 Å². The largest absolute Gasteiger partial charge is 0.311 e. The minimum Gasteiger partial charge on any atom is -0.311 e. The molecule has 8 heteroatoms. The SMILES string of the molecule is CC(C)(C)c1ccc2c(c1)c1cc(C(C)(C)C)ccc1n2-c1ccc(N(c2ccc(-c3ccc(-c4ccc(-c5ccc(N(c6ccc(-n7c8ccc(C(C)(C)C)cc8c8cc(C(C)(C)C)ccc87)cc6)c6ccc(-n7c8ccc(C(C)(C)C)cc8c8cc(C(C)(C)C)ccc87)cc6)cc5)s4)s3)cc2)c2ccc(-n3c4ccc(C(C)(C)C)cc4c4cc(C(C)(C)C)ccc43)cc2)cc1. The number of nitrogens with zero attached hydrogens (tertiary/aromatic N) is 6. The third-order valence-corrected chi connectivity index (χ3v) is 30.2. The van der Waals surface area contributed by atoms with Gasteiger partial charge in [-0.3, -0.25) is 0 Å². The van der Waals surface area contributed by atoms with Crippen LogP contribution in [-0.4, -0.2) is 18.3 Å². The van der Waals surface area contributed by atoms with Crippen LogP contribution in [0.1, 0.15) is 211 Å². The Balaban J connectivity index is 0.633. The van der Waals surface area contributed by atoms with Crippen LogP contribution in [0.3, 0.4) is 0 Å². The highest BCUT2D eigenvalue weighted by molar-refractivity contribution is 7.25. The predicted octanol–water partition coefficient (Wildman–Crippen LogP) is 36.5. The summed E-state index contributed by atoms with van der Waals surface area (Å²) in [6.07, 6.45) is 0. The van der Waals surface area contributed by atoms with Crippen LogP contribution >= 0.6 is 22.7 Å². The topological polar surface area (TPSA) is 26.2 Å². The molecule has 0 spiro atoms. The Hall–Kier alpha value is -12.7. The van der Waals surface area contributed by atoms with Gasteiger partial charge in [0.05, 0.1) is 44.1 Å². The second-order valence-corrected chi connectivity index (χ2v) is 47.5. The van der Waals surface area contributed by atoms with E-state index in [9.17, 15) is 0 Å². The third-order valence-electron chi connectivity index (χ3n) is 27.7. The van der Waals surface area contributed by atoms with E-state index in [1.54, 1.807) is 0 Å². The number of hydrogen-bond donors (Lipinski definition) is 0. The lowest BCUT2D eigenvalue weighted by Crippen LogP contribution is -2.11. The van der Waals surface area contributed by atoms with Crippen molar-refractivity contribution in [3.63, 3.8) is 0 Å². The Morgan fingerprint density at radius 3 is 0.455 bits per heavy atom. The van der Waals surface area contributed by atoms with Gasteiger partial charge in [-0.15, -0.1) is 22.7 Å². The molecule has 0 amide bonds. The van der Waals surface area contributed by atoms with Gasteiger partial charge in [-0.25, -0.2) is 0 Å². The van der Waals surface area contributed by atoms with E-state index in [-0.39, 0.29) is 43.3 Å². The predicted molar refractivity (Wildman–Crippen MR) is 575 cm³/mol.